The molecule has 0 radical (unpaired) electrons. The summed E-state index contributed by atoms with van der Waals surface area (Å²) in [6.45, 7) is 2.90. The lowest BCUT2D eigenvalue weighted by Crippen LogP contribution is -2.45. The molecule has 1 saturated heterocycles. The molecule has 150 valence electrons. The summed E-state index contributed by atoms with van der Waals surface area (Å²) in [7, 11) is 0. The molecule has 1 amide bonds. The molecule has 0 aromatic heterocycles. The summed E-state index contributed by atoms with van der Waals surface area (Å²) in [6, 6.07) is 11.9. The van der Waals surface area contributed by atoms with E-state index in [9.17, 15) is 4.79 Å². The first-order valence-electron chi connectivity index (χ1n) is 10.00. The van der Waals surface area contributed by atoms with E-state index in [1.165, 1.54) is 5.56 Å². The summed E-state index contributed by atoms with van der Waals surface area (Å²) < 4.78 is 16.7. The Bertz CT molecular complexity index is 977. The quantitative estimate of drug-likeness (QED) is 0.813. The van der Waals surface area contributed by atoms with Crippen molar-refractivity contribution in [3.8, 4) is 17.2 Å². The third-order valence-corrected chi connectivity index (χ3v) is 6.20. The van der Waals surface area contributed by atoms with Crippen LogP contribution < -0.4 is 19.9 Å². The number of amides is 1. The van der Waals surface area contributed by atoms with E-state index < -0.39 is 0 Å². The molecule has 2 aromatic carbocycles. The first-order chi connectivity index (χ1) is 14.2. The summed E-state index contributed by atoms with van der Waals surface area (Å²) in [6.07, 6.45) is 5.27. The normalized spacial score (nSPS) is 18.9. The van der Waals surface area contributed by atoms with Gasteiger partial charge in [0.25, 0.3) is 0 Å². The predicted molar refractivity (Wildman–Crippen MR) is 109 cm³/mol. The van der Waals surface area contributed by atoms with Crippen molar-refractivity contribution in [2.75, 3.05) is 26.5 Å². The zero-order chi connectivity index (χ0) is 19.8. The maximum atomic E-state index is 12.7. The molecule has 3 heterocycles. The Morgan fingerprint density at radius 3 is 2.66 bits per heavy atom. The van der Waals surface area contributed by atoms with Crippen molar-refractivity contribution in [3.05, 3.63) is 59.2 Å². The molecule has 2 aromatic rings. The van der Waals surface area contributed by atoms with Crippen LogP contribution in [0.3, 0.4) is 0 Å². The number of carbonyl (C=O) groups is 1. The molecule has 1 spiro atoms. The summed E-state index contributed by atoms with van der Waals surface area (Å²) in [4.78, 5) is 14.6. The maximum absolute atomic E-state index is 12.7. The number of nitrogens with zero attached hydrogens (tertiary/aromatic N) is 1. The van der Waals surface area contributed by atoms with Crippen molar-refractivity contribution in [2.45, 2.75) is 24.8 Å². The third-order valence-electron chi connectivity index (χ3n) is 6.20. The zero-order valence-corrected chi connectivity index (χ0v) is 16.2. The Morgan fingerprint density at radius 1 is 1.03 bits per heavy atom. The molecular formula is C23H24N2O4. The van der Waals surface area contributed by atoms with Crippen LogP contribution in [0.25, 0.3) is 6.08 Å². The lowest BCUT2D eigenvalue weighted by atomic mass is 9.74. The SMILES string of the molecule is NCc1ccc2c(c1)C1(CCN(C(=O)C=Cc3ccc4c(c3)OCO4)CC1)CO2. The second-order valence-corrected chi connectivity index (χ2v) is 7.87. The summed E-state index contributed by atoms with van der Waals surface area (Å²) in [5, 5.41) is 0. The van der Waals surface area contributed by atoms with Crippen molar-refractivity contribution >= 4 is 12.0 Å². The van der Waals surface area contributed by atoms with E-state index in [0.29, 0.717) is 13.2 Å². The number of carbonyl (C=O) groups excluding carboxylic acids is 1. The fourth-order valence-electron chi connectivity index (χ4n) is 4.40. The Morgan fingerprint density at radius 2 is 1.83 bits per heavy atom. The van der Waals surface area contributed by atoms with Gasteiger partial charge >= 0.3 is 0 Å². The van der Waals surface area contributed by atoms with Crippen LogP contribution >= 0.6 is 0 Å². The van der Waals surface area contributed by atoms with E-state index in [1.807, 2.05) is 41.3 Å². The molecule has 5 rings (SSSR count). The smallest absolute Gasteiger partial charge is 0.246 e. The van der Waals surface area contributed by atoms with Crippen LogP contribution in [0.1, 0.15) is 29.5 Å². The molecule has 0 atom stereocenters. The number of likely N-dealkylation sites (tertiary alicyclic amines) is 1. The van der Waals surface area contributed by atoms with Gasteiger partial charge < -0.3 is 24.8 Å². The van der Waals surface area contributed by atoms with Gasteiger partial charge in [0, 0.05) is 36.7 Å². The van der Waals surface area contributed by atoms with Crippen LogP contribution in [-0.2, 0) is 16.8 Å². The van der Waals surface area contributed by atoms with E-state index in [0.717, 1.165) is 54.3 Å². The average Bonchev–Trinajstić information content (AvgIpc) is 3.37. The Labute approximate surface area is 169 Å². The Hall–Kier alpha value is -2.99. The summed E-state index contributed by atoms with van der Waals surface area (Å²) in [5.41, 5.74) is 9.11. The van der Waals surface area contributed by atoms with Gasteiger partial charge in [0.2, 0.25) is 12.7 Å². The minimum Gasteiger partial charge on any atom is -0.492 e. The van der Waals surface area contributed by atoms with Gasteiger partial charge in [-0.3, -0.25) is 4.79 Å². The lowest BCUT2D eigenvalue weighted by Gasteiger charge is -2.38. The van der Waals surface area contributed by atoms with Gasteiger partial charge in [0.15, 0.2) is 11.5 Å². The highest BCUT2D eigenvalue weighted by atomic mass is 16.7. The largest absolute Gasteiger partial charge is 0.492 e. The van der Waals surface area contributed by atoms with Gasteiger partial charge in [-0.2, -0.15) is 0 Å². The molecule has 0 aliphatic carbocycles. The highest BCUT2D eigenvalue weighted by Gasteiger charge is 2.43. The highest BCUT2D eigenvalue weighted by molar-refractivity contribution is 5.92. The molecule has 3 aliphatic heterocycles. The van der Waals surface area contributed by atoms with E-state index in [-0.39, 0.29) is 18.1 Å². The van der Waals surface area contributed by atoms with Crippen molar-refractivity contribution in [3.63, 3.8) is 0 Å². The first kappa shape index (κ1) is 18.1. The van der Waals surface area contributed by atoms with Crippen LogP contribution in [-0.4, -0.2) is 37.3 Å². The molecule has 2 N–H and O–H groups in total. The number of benzene rings is 2. The number of fused-ring (bicyclic) bond motifs is 3. The molecule has 6 nitrogen and oxygen atoms in total. The fourth-order valence-corrected chi connectivity index (χ4v) is 4.40. The maximum Gasteiger partial charge on any atom is 0.246 e. The fraction of sp³-hybridized carbons (Fsp3) is 0.348. The molecule has 3 aliphatic rings. The molecule has 0 unspecified atom stereocenters. The second-order valence-electron chi connectivity index (χ2n) is 7.87. The molecule has 0 saturated carbocycles. The van der Waals surface area contributed by atoms with E-state index in [4.69, 9.17) is 19.9 Å². The molecule has 0 bridgehead atoms. The lowest BCUT2D eigenvalue weighted by molar-refractivity contribution is -0.127. The molecule has 1 fully saturated rings. The first-order valence-corrected chi connectivity index (χ1v) is 10.00. The standard InChI is InChI=1S/C23H24N2O4/c24-13-17-2-4-19-18(11-17)23(14-27-19)7-9-25(10-8-23)22(26)6-3-16-1-5-20-21(12-16)29-15-28-20/h1-6,11-12H,7-10,13-15,24H2. The minimum atomic E-state index is -0.00166. The Kier molecular flexibility index (Phi) is 4.43. The summed E-state index contributed by atoms with van der Waals surface area (Å²) >= 11 is 0. The number of hydrogen-bond acceptors (Lipinski definition) is 5. The van der Waals surface area contributed by atoms with Gasteiger partial charge in [-0.25, -0.2) is 0 Å². The van der Waals surface area contributed by atoms with Crippen molar-refractivity contribution in [1.82, 2.24) is 4.90 Å². The third kappa shape index (κ3) is 3.23. The van der Waals surface area contributed by atoms with Crippen LogP contribution in [0, 0.1) is 0 Å². The van der Waals surface area contributed by atoms with Crippen molar-refractivity contribution in [1.29, 1.82) is 0 Å². The van der Waals surface area contributed by atoms with Crippen molar-refractivity contribution in [2.24, 2.45) is 5.73 Å². The molecule has 6 heteroatoms. The molecule has 29 heavy (non-hydrogen) atoms. The van der Waals surface area contributed by atoms with Gasteiger partial charge in [-0.05, 0) is 48.2 Å². The van der Waals surface area contributed by atoms with E-state index >= 15 is 0 Å². The van der Waals surface area contributed by atoms with Crippen LogP contribution in [0.15, 0.2) is 42.5 Å². The van der Waals surface area contributed by atoms with Gasteiger partial charge in [-0.15, -0.1) is 0 Å². The van der Waals surface area contributed by atoms with Gasteiger partial charge in [0.05, 0.1) is 6.61 Å². The number of hydrogen-bond donors (Lipinski definition) is 1. The highest BCUT2D eigenvalue weighted by Crippen LogP contribution is 2.45. The Balaban J connectivity index is 1.25. The second kappa shape index (κ2) is 7.12. The van der Waals surface area contributed by atoms with Crippen LogP contribution in [0.4, 0.5) is 0 Å². The molecular weight excluding hydrogens is 368 g/mol. The average molecular weight is 392 g/mol. The van der Waals surface area contributed by atoms with Crippen LogP contribution in [0.2, 0.25) is 0 Å². The van der Waals surface area contributed by atoms with E-state index in [2.05, 4.69) is 6.07 Å². The van der Waals surface area contributed by atoms with Crippen molar-refractivity contribution < 1.29 is 19.0 Å². The predicted octanol–water partition coefficient (Wildman–Crippen LogP) is 2.84. The number of rotatable bonds is 3. The topological polar surface area (TPSA) is 74.0 Å². The minimum absolute atomic E-state index is 0.00166. The summed E-state index contributed by atoms with van der Waals surface area (Å²) in [5.74, 6) is 2.46. The zero-order valence-electron chi connectivity index (χ0n) is 16.2. The number of ether oxygens (including phenoxy) is 3. The van der Waals surface area contributed by atoms with Crippen LogP contribution in [0.5, 0.6) is 17.2 Å². The monoisotopic (exact) mass is 392 g/mol. The number of piperidine rings is 1. The number of nitrogens with two attached hydrogens (primary N) is 1. The van der Waals surface area contributed by atoms with E-state index in [1.54, 1.807) is 6.08 Å². The van der Waals surface area contributed by atoms with Gasteiger partial charge in [-0.1, -0.05) is 18.2 Å². The van der Waals surface area contributed by atoms with Gasteiger partial charge in [0.1, 0.15) is 5.75 Å².